The SMILES string of the molecule is CC(=O)Nc1cccc(Cn2cc([N+](=O)[O-])c(C)cc2=O)c1. The topological polar surface area (TPSA) is 94.2 Å². The number of nitrogens with zero attached hydrogens (tertiary/aromatic N) is 2. The lowest BCUT2D eigenvalue weighted by molar-refractivity contribution is -0.385. The Hall–Kier alpha value is -2.96. The van der Waals surface area contributed by atoms with Crippen molar-refractivity contribution in [2.24, 2.45) is 0 Å². The first kappa shape index (κ1) is 15.4. The van der Waals surface area contributed by atoms with Gasteiger partial charge in [0.2, 0.25) is 5.91 Å². The zero-order valence-corrected chi connectivity index (χ0v) is 12.2. The molecule has 0 aliphatic heterocycles. The molecule has 1 heterocycles. The van der Waals surface area contributed by atoms with Crippen molar-refractivity contribution in [1.29, 1.82) is 0 Å². The van der Waals surface area contributed by atoms with E-state index < -0.39 is 4.92 Å². The van der Waals surface area contributed by atoms with Gasteiger partial charge in [-0.15, -0.1) is 0 Å². The summed E-state index contributed by atoms with van der Waals surface area (Å²) in [4.78, 5) is 33.4. The minimum atomic E-state index is -0.515. The molecule has 0 atom stereocenters. The summed E-state index contributed by atoms with van der Waals surface area (Å²) in [6, 6.07) is 8.22. The Morgan fingerprint density at radius 3 is 2.73 bits per heavy atom. The van der Waals surface area contributed by atoms with Crippen LogP contribution in [0, 0.1) is 17.0 Å². The molecule has 2 rings (SSSR count). The number of rotatable bonds is 4. The van der Waals surface area contributed by atoms with Gasteiger partial charge in [-0.3, -0.25) is 19.7 Å². The molecule has 7 nitrogen and oxygen atoms in total. The highest BCUT2D eigenvalue weighted by Crippen LogP contribution is 2.16. The Kier molecular flexibility index (Phi) is 4.36. The highest BCUT2D eigenvalue weighted by Gasteiger charge is 2.13. The summed E-state index contributed by atoms with van der Waals surface area (Å²) in [5.74, 6) is -0.194. The van der Waals surface area contributed by atoms with Crippen molar-refractivity contribution in [3.8, 4) is 0 Å². The van der Waals surface area contributed by atoms with E-state index in [-0.39, 0.29) is 23.7 Å². The van der Waals surface area contributed by atoms with Gasteiger partial charge in [0.05, 0.1) is 17.7 Å². The highest BCUT2D eigenvalue weighted by atomic mass is 16.6. The molecule has 0 fully saturated rings. The van der Waals surface area contributed by atoms with Crippen molar-refractivity contribution < 1.29 is 9.72 Å². The standard InChI is InChI=1S/C15H15N3O4/c1-10-6-15(20)17(9-14(10)18(21)22)8-12-4-3-5-13(7-12)16-11(2)19/h3-7,9H,8H2,1-2H3,(H,16,19). The highest BCUT2D eigenvalue weighted by molar-refractivity contribution is 5.88. The molecule has 0 spiro atoms. The zero-order chi connectivity index (χ0) is 16.3. The average Bonchev–Trinajstić information content (AvgIpc) is 2.41. The van der Waals surface area contributed by atoms with E-state index in [0.29, 0.717) is 11.3 Å². The summed E-state index contributed by atoms with van der Waals surface area (Å²) >= 11 is 0. The number of anilines is 1. The Morgan fingerprint density at radius 2 is 2.09 bits per heavy atom. The molecule has 0 bridgehead atoms. The van der Waals surface area contributed by atoms with E-state index in [2.05, 4.69) is 5.32 Å². The third kappa shape index (κ3) is 3.57. The van der Waals surface area contributed by atoms with Crippen molar-refractivity contribution >= 4 is 17.3 Å². The van der Waals surface area contributed by atoms with Crippen molar-refractivity contribution in [3.05, 3.63) is 68.1 Å². The van der Waals surface area contributed by atoms with E-state index in [1.807, 2.05) is 0 Å². The van der Waals surface area contributed by atoms with E-state index in [1.165, 1.54) is 30.7 Å². The second kappa shape index (κ2) is 6.21. The Labute approximate surface area is 126 Å². The second-order valence-electron chi connectivity index (χ2n) is 4.95. The molecule has 1 N–H and O–H groups in total. The molecule has 0 radical (unpaired) electrons. The maximum absolute atomic E-state index is 12.0. The fourth-order valence-corrected chi connectivity index (χ4v) is 2.12. The molecule has 7 heteroatoms. The zero-order valence-electron chi connectivity index (χ0n) is 12.2. The minimum Gasteiger partial charge on any atom is -0.326 e. The first-order valence-corrected chi connectivity index (χ1v) is 6.59. The number of amides is 1. The molecule has 0 saturated carbocycles. The van der Waals surface area contributed by atoms with Gasteiger partial charge in [0.15, 0.2) is 0 Å². The Bertz CT molecular complexity index is 796. The molecule has 114 valence electrons. The predicted octanol–water partition coefficient (Wildman–Crippen LogP) is 2.07. The fraction of sp³-hybridized carbons (Fsp3) is 0.200. The number of carbonyl (C=O) groups is 1. The van der Waals surface area contributed by atoms with Crippen molar-refractivity contribution in [3.63, 3.8) is 0 Å². The molecule has 2 aromatic rings. The van der Waals surface area contributed by atoms with Crippen LogP contribution in [0.4, 0.5) is 11.4 Å². The summed E-state index contributed by atoms with van der Waals surface area (Å²) in [5.41, 5.74) is 1.29. The van der Waals surface area contributed by atoms with Crippen LogP contribution in [-0.2, 0) is 11.3 Å². The van der Waals surface area contributed by atoms with Crippen LogP contribution in [0.25, 0.3) is 0 Å². The smallest absolute Gasteiger partial charge is 0.288 e. The molecule has 1 amide bonds. The molecule has 0 aliphatic carbocycles. The second-order valence-corrected chi connectivity index (χ2v) is 4.95. The Balaban J connectivity index is 2.35. The molecule has 1 aromatic heterocycles. The van der Waals surface area contributed by atoms with Crippen molar-refractivity contribution in [2.45, 2.75) is 20.4 Å². The van der Waals surface area contributed by atoms with Gasteiger partial charge in [-0.2, -0.15) is 0 Å². The number of aromatic nitrogens is 1. The monoisotopic (exact) mass is 301 g/mol. The number of carbonyl (C=O) groups excluding carboxylic acids is 1. The van der Waals surface area contributed by atoms with Gasteiger partial charge in [-0.05, 0) is 24.6 Å². The van der Waals surface area contributed by atoms with Gasteiger partial charge >= 0.3 is 0 Å². The number of benzene rings is 1. The van der Waals surface area contributed by atoms with Crippen LogP contribution in [0.15, 0.2) is 41.3 Å². The van der Waals surface area contributed by atoms with Crippen molar-refractivity contribution in [2.75, 3.05) is 5.32 Å². The summed E-state index contributed by atoms with van der Waals surface area (Å²) in [6.07, 6.45) is 1.24. The fourth-order valence-electron chi connectivity index (χ4n) is 2.12. The van der Waals surface area contributed by atoms with E-state index >= 15 is 0 Å². The number of aryl methyl sites for hydroxylation is 1. The number of hydrogen-bond donors (Lipinski definition) is 1. The number of pyridine rings is 1. The van der Waals surface area contributed by atoms with Gasteiger partial charge in [0, 0.05) is 24.2 Å². The molecule has 22 heavy (non-hydrogen) atoms. The van der Waals surface area contributed by atoms with Gasteiger partial charge in [0.25, 0.3) is 11.2 Å². The molecule has 0 aliphatic rings. The Morgan fingerprint density at radius 1 is 1.36 bits per heavy atom. The number of nitro groups is 1. The lowest BCUT2D eigenvalue weighted by Gasteiger charge is -2.09. The lowest BCUT2D eigenvalue weighted by Crippen LogP contribution is -2.20. The van der Waals surface area contributed by atoms with E-state index in [0.717, 1.165) is 5.56 Å². The maximum Gasteiger partial charge on any atom is 0.288 e. The lowest BCUT2D eigenvalue weighted by atomic mass is 10.2. The van der Waals surface area contributed by atoms with Crippen LogP contribution in [0.2, 0.25) is 0 Å². The van der Waals surface area contributed by atoms with Crippen LogP contribution in [-0.4, -0.2) is 15.4 Å². The number of hydrogen-bond acceptors (Lipinski definition) is 4. The van der Waals surface area contributed by atoms with E-state index in [1.54, 1.807) is 24.3 Å². The van der Waals surface area contributed by atoms with Crippen molar-refractivity contribution in [1.82, 2.24) is 4.57 Å². The van der Waals surface area contributed by atoms with E-state index in [4.69, 9.17) is 0 Å². The first-order valence-electron chi connectivity index (χ1n) is 6.59. The summed E-state index contributed by atoms with van der Waals surface area (Å²) in [7, 11) is 0. The molecule has 0 unspecified atom stereocenters. The largest absolute Gasteiger partial charge is 0.326 e. The summed E-state index contributed by atoms with van der Waals surface area (Å²) < 4.78 is 1.28. The van der Waals surface area contributed by atoms with E-state index in [9.17, 15) is 19.7 Å². The molecule has 1 aromatic carbocycles. The number of nitrogens with one attached hydrogen (secondary N) is 1. The van der Waals surface area contributed by atoms with Crippen LogP contribution < -0.4 is 10.9 Å². The van der Waals surface area contributed by atoms with Crippen LogP contribution in [0.1, 0.15) is 18.1 Å². The summed E-state index contributed by atoms with van der Waals surface area (Å²) in [6.45, 7) is 3.12. The third-order valence-corrected chi connectivity index (χ3v) is 3.10. The van der Waals surface area contributed by atoms with Gasteiger partial charge < -0.3 is 9.88 Å². The minimum absolute atomic E-state index is 0.0994. The van der Waals surface area contributed by atoms with Crippen LogP contribution in [0.3, 0.4) is 0 Å². The molecule has 0 saturated heterocycles. The summed E-state index contributed by atoms with van der Waals surface area (Å²) in [5, 5.41) is 13.6. The predicted molar refractivity (Wildman–Crippen MR) is 81.9 cm³/mol. The maximum atomic E-state index is 12.0. The normalized spacial score (nSPS) is 10.3. The third-order valence-electron chi connectivity index (χ3n) is 3.10. The van der Waals surface area contributed by atoms with Gasteiger partial charge in [-0.25, -0.2) is 0 Å². The van der Waals surface area contributed by atoms with Gasteiger partial charge in [-0.1, -0.05) is 12.1 Å². The first-order chi connectivity index (χ1) is 10.4. The molecular formula is C15H15N3O4. The van der Waals surface area contributed by atoms with Crippen LogP contribution in [0.5, 0.6) is 0 Å². The quantitative estimate of drug-likeness (QED) is 0.691. The average molecular weight is 301 g/mol. The van der Waals surface area contributed by atoms with Crippen LogP contribution >= 0.6 is 0 Å². The van der Waals surface area contributed by atoms with Gasteiger partial charge in [0.1, 0.15) is 0 Å². The molecular weight excluding hydrogens is 286 g/mol.